The van der Waals surface area contributed by atoms with Crippen LogP contribution in [0.25, 0.3) is 0 Å². The van der Waals surface area contributed by atoms with Crippen LogP contribution in [0.2, 0.25) is 0 Å². The van der Waals surface area contributed by atoms with Crippen molar-refractivity contribution in [2.24, 2.45) is 17.4 Å². The largest absolute Gasteiger partial charge is 0.467 e. The first-order chi connectivity index (χ1) is 29.9. The quantitative estimate of drug-likeness (QED) is 0.111. The molecule has 22 nitrogen and oxygen atoms in total. The molecule has 4 rings (SSSR count). The molecule has 1 aliphatic carbocycles. The van der Waals surface area contributed by atoms with Crippen molar-refractivity contribution in [3.05, 3.63) is 11.8 Å². The summed E-state index contributed by atoms with van der Waals surface area (Å²) in [7, 11) is 1.34. The van der Waals surface area contributed by atoms with Gasteiger partial charge in [-0.05, 0) is 113 Å². The molecule has 12 atom stereocenters. The second-order valence-electron chi connectivity index (χ2n) is 20.8. The Hall–Kier alpha value is -3.58. The van der Waals surface area contributed by atoms with E-state index in [9.17, 15) is 39.6 Å². The lowest BCUT2D eigenvalue weighted by atomic mass is 9.83. The Balaban J connectivity index is 1.46. The van der Waals surface area contributed by atoms with E-state index in [4.69, 9.17) is 44.6 Å². The predicted octanol–water partition coefficient (Wildman–Crippen LogP) is 0.117. The van der Waals surface area contributed by atoms with E-state index in [0.717, 1.165) is 17.7 Å². The number of aliphatic hydroxyl groups is 4. The van der Waals surface area contributed by atoms with Gasteiger partial charge in [0.25, 0.3) is 5.91 Å². The smallest absolute Gasteiger partial charge is 0.410 e. The van der Waals surface area contributed by atoms with Crippen molar-refractivity contribution in [3.63, 3.8) is 0 Å². The topological polar surface area (TPSA) is 308 Å². The van der Waals surface area contributed by atoms with Crippen molar-refractivity contribution in [1.82, 2.24) is 25.8 Å². The van der Waals surface area contributed by atoms with E-state index >= 15 is 0 Å². The lowest BCUT2D eigenvalue weighted by molar-refractivity contribution is -0.310. The molecule has 4 aliphatic rings. The van der Waals surface area contributed by atoms with Crippen LogP contribution < -0.4 is 27.4 Å². The standard InChI is InChI=1S/C43H77N7O15/c1-40(2,3)63-37(55)47-21-28(51)34(54)48-27-18-26(45)31(29(52)32(27)62-36-30(53)33(43(10,58)22-59-36)49(11)38(56)64-41(4,5)6)61-35-25(44)13-12-24(60-35)20-46-19-23-14-16-50(17-15-23)39(57)65-42(7,8)9/h12,23,25-33,35-36,46,51-53,58H,13-22,44-45H2,1-11H3,(H,47,55)(H,48,54)/t25-,26+,27-,28-,29+,30-,31-,32+,33-,35-,36-,43+/m1/s1. The molecular weight excluding hydrogens is 855 g/mol. The van der Waals surface area contributed by atoms with E-state index < -0.39 is 121 Å². The van der Waals surface area contributed by atoms with E-state index in [1.165, 1.54) is 14.0 Å². The maximum absolute atomic E-state index is 13.4. The average molecular weight is 932 g/mol. The second-order valence-corrected chi connectivity index (χ2v) is 20.8. The Labute approximate surface area is 382 Å². The summed E-state index contributed by atoms with van der Waals surface area (Å²) in [5.41, 5.74) is 9.00. The second kappa shape index (κ2) is 22.0. The summed E-state index contributed by atoms with van der Waals surface area (Å²) in [6, 6.07) is -4.14. The summed E-state index contributed by atoms with van der Waals surface area (Å²) in [5.74, 6) is -0.0804. The Morgan fingerprint density at radius 3 is 2.11 bits per heavy atom. The van der Waals surface area contributed by atoms with Gasteiger partial charge in [-0.3, -0.25) is 4.79 Å². The maximum atomic E-state index is 13.4. The normalized spacial score (nSPS) is 32.0. The van der Waals surface area contributed by atoms with Crippen molar-refractivity contribution in [1.29, 1.82) is 0 Å². The molecule has 3 heterocycles. The van der Waals surface area contributed by atoms with Gasteiger partial charge in [0.1, 0.15) is 58.7 Å². The molecule has 65 heavy (non-hydrogen) atoms. The number of nitrogens with one attached hydrogen (secondary N) is 3. The summed E-state index contributed by atoms with van der Waals surface area (Å²) >= 11 is 0. The number of amides is 4. The van der Waals surface area contributed by atoms with Gasteiger partial charge < -0.3 is 90.8 Å². The molecule has 0 unspecified atom stereocenters. The summed E-state index contributed by atoms with van der Waals surface area (Å²) in [6.45, 7) is 18.1. The van der Waals surface area contributed by atoms with Gasteiger partial charge in [-0.1, -0.05) is 0 Å². The maximum Gasteiger partial charge on any atom is 0.410 e. The molecule has 11 N–H and O–H groups in total. The fourth-order valence-electron chi connectivity index (χ4n) is 8.03. The van der Waals surface area contributed by atoms with E-state index in [1.807, 2.05) is 26.8 Å². The van der Waals surface area contributed by atoms with E-state index in [2.05, 4.69) is 16.0 Å². The molecule has 0 spiro atoms. The number of piperidine rings is 1. The Bertz CT molecular complexity index is 1640. The van der Waals surface area contributed by atoms with Crippen LogP contribution in [0.3, 0.4) is 0 Å². The number of aliphatic hydroxyl groups excluding tert-OH is 3. The number of carbonyl (C=O) groups is 4. The highest BCUT2D eigenvalue weighted by Crippen LogP contribution is 2.34. The third-order valence-corrected chi connectivity index (χ3v) is 11.2. The van der Waals surface area contributed by atoms with Gasteiger partial charge >= 0.3 is 18.3 Å². The van der Waals surface area contributed by atoms with E-state index in [-0.39, 0.29) is 12.5 Å². The van der Waals surface area contributed by atoms with Crippen molar-refractivity contribution in [2.45, 2.75) is 185 Å². The Morgan fingerprint density at radius 2 is 1.51 bits per heavy atom. The number of ether oxygens (including phenoxy) is 7. The monoisotopic (exact) mass is 932 g/mol. The zero-order chi connectivity index (χ0) is 48.8. The average Bonchev–Trinajstić information content (AvgIpc) is 3.16. The highest BCUT2D eigenvalue weighted by atomic mass is 16.7. The first-order valence-electron chi connectivity index (χ1n) is 22.4. The Morgan fingerprint density at radius 1 is 0.908 bits per heavy atom. The van der Waals surface area contributed by atoms with Crippen molar-refractivity contribution >= 4 is 24.2 Å². The molecule has 3 aliphatic heterocycles. The van der Waals surface area contributed by atoms with Crippen LogP contribution >= 0.6 is 0 Å². The fraction of sp³-hybridized carbons (Fsp3) is 0.860. The number of hydrogen-bond acceptors (Lipinski definition) is 18. The SMILES string of the molecule is CN(C(=O)OC(C)(C)C)[C@@H]1[C@@H](O)[C@@H](O[C@@H]2[C@@H](O)[C@H](O[C@H]3OC(CNCC4CCN(C(=O)OC(C)(C)C)CC4)=CC[C@H]3N)[C@@H](N)C[C@H]2NC(=O)[C@H](O)CNC(=O)OC(C)(C)C)OC[C@]1(C)O. The molecule has 2 saturated heterocycles. The molecular formula is C43H77N7O15. The number of alkyl carbamates (subject to hydrolysis) is 1. The van der Waals surface area contributed by atoms with Gasteiger partial charge in [-0.25, -0.2) is 14.4 Å². The van der Waals surface area contributed by atoms with Crippen LogP contribution in [0.15, 0.2) is 11.8 Å². The molecule has 4 amide bonds. The van der Waals surface area contributed by atoms with E-state index in [1.54, 1.807) is 46.4 Å². The molecule has 3 fully saturated rings. The van der Waals surface area contributed by atoms with Gasteiger partial charge in [0, 0.05) is 26.2 Å². The van der Waals surface area contributed by atoms with Gasteiger partial charge in [0.15, 0.2) is 6.29 Å². The predicted molar refractivity (Wildman–Crippen MR) is 234 cm³/mol. The fourth-order valence-corrected chi connectivity index (χ4v) is 8.03. The van der Waals surface area contributed by atoms with Gasteiger partial charge in [0.05, 0.1) is 37.8 Å². The minimum absolute atomic E-state index is 0.106. The van der Waals surface area contributed by atoms with Crippen LogP contribution in [0.4, 0.5) is 14.4 Å². The zero-order valence-corrected chi connectivity index (χ0v) is 39.9. The van der Waals surface area contributed by atoms with Crippen LogP contribution in [-0.2, 0) is 38.0 Å². The molecule has 0 aromatic heterocycles. The van der Waals surface area contributed by atoms with Gasteiger partial charge in [0.2, 0.25) is 6.29 Å². The first-order valence-corrected chi connectivity index (χ1v) is 22.4. The highest BCUT2D eigenvalue weighted by Gasteiger charge is 2.54. The summed E-state index contributed by atoms with van der Waals surface area (Å²) in [5, 5.41) is 54.2. The number of hydrogen-bond donors (Lipinski definition) is 9. The molecule has 0 bridgehead atoms. The number of carbonyl (C=O) groups excluding carboxylic acids is 4. The number of nitrogens with two attached hydrogens (primary N) is 2. The minimum atomic E-state index is -1.79. The number of likely N-dealkylation sites (tertiary alicyclic amines) is 1. The summed E-state index contributed by atoms with van der Waals surface area (Å²) < 4.78 is 40.8. The van der Waals surface area contributed by atoms with Crippen molar-refractivity contribution in [2.75, 3.05) is 46.4 Å². The van der Waals surface area contributed by atoms with Gasteiger partial charge in [-0.15, -0.1) is 0 Å². The molecule has 22 heteroatoms. The van der Waals surface area contributed by atoms with Crippen LogP contribution in [-0.4, -0.2) is 190 Å². The third kappa shape index (κ3) is 16.0. The summed E-state index contributed by atoms with van der Waals surface area (Å²) in [6.07, 6.45) is -8.83. The molecule has 374 valence electrons. The molecule has 0 aromatic rings. The minimum Gasteiger partial charge on any atom is -0.467 e. The van der Waals surface area contributed by atoms with Crippen LogP contribution in [0.5, 0.6) is 0 Å². The number of likely N-dealkylation sites (N-methyl/N-ethyl adjacent to an activating group) is 1. The van der Waals surface area contributed by atoms with Crippen molar-refractivity contribution < 1.29 is 72.8 Å². The Kier molecular flexibility index (Phi) is 18.3. The van der Waals surface area contributed by atoms with Crippen LogP contribution in [0, 0.1) is 5.92 Å². The lowest BCUT2D eigenvalue weighted by Gasteiger charge is -2.50. The summed E-state index contributed by atoms with van der Waals surface area (Å²) in [4.78, 5) is 54.0. The molecule has 1 saturated carbocycles. The lowest BCUT2D eigenvalue weighted by Crippen LogP contribution is -2.70. The highest BCUT2D eigenvalue weighted by molar-refractivity contribution is 5.82. The number of nitrogens with zero attached hydrogens (tertiary/aromatic N) is 2. The van der Waals surface area contributed by atoms with Gasteiger partial charge in [-0.2, -0.15) is 0 Å². The molecule has 0 radical (unpaired) electrons. The zero-order valence-electron chi connectivity index (χ0n) is 39.9. The van der Waals surface area contributed by atoms with Crippen molar-refractivity contribution in [3.8, 4) is 0 Å². The number of rotatable bonds is 13. The van der Waals surface area contributed by atoms with Crippen LogP contribution in [0.1, 0.15) is 94.9 Å². The third-order valence-electron chi connectivity index (χ3n) is 11.2. The molecule has 0 aromatic carbocycles. The first kappa shape index (κ1) is 54.0. The van der Waals surface area contributed by atoms with E-state index in [0.29, 0.717) is 44.3 Å².